The molecule has 1 amide bonds. The van der Waals surface area contributed by atoms with E-state index in [1.54, 1.807) is 0 Å². The average molecular weight is 264 g/mol. The fourth-order valence-corrected chi connectivity index (χ4v) is 3.05. The fourth-order valence-electron chi connectivity index (χ4n) is 3.05. The van der Waals surface area contributed by atoms with Crippen LogP contribution in [0.25, 0.3) is 0 Å². The van der Waals surface area contributed by atoms with Gasteiger partial charge in [-0.2, -0.15) is 5.10 Å². The van der Waals surface area contributed by atoms with Gasteiger partial charge in [0.2, 0.25) is 0 Å². The van der Waals surface area contributed by atoms with Crippen molar-refractivity contribution in [2.45, 2.75) is 45.6 Å². The molecule has 1 N–H and O–H groups in total. The summed E-state index contributed by atoms with van der Waals surface area (Å²) in [7, 11) is 0. The standard InChI is InChI=1S/C14H20N2O3/c1-9(2)14-10-5-3-4-6-11(10)15-16(14)12(17)7-8-13(18)19/h7-10,14H,3-6H2,1-2H3,(H,18,19)/b8-7+/t10-,14+/m1/s1. The number of rotatable bonds is 3. The lowest BCUT2D eigenvalue weighted by molar-refractivity contribution is -0.133. The van der Waals surface area contributed by atoms with Gasteiger partial charge in [-0.15, -0.1) is 0 Å². The molecule has 0 spiro atoms. The molecule has 1 saturated carbocycles. The zero-order chi connectivity index (χ0) is 14.0. The molecule has 19 heavy (non-hydrogen) atoms. The lowest BCUT2D eigenvalue weighted by Gasteiger charge is -2.30. The van der Waals surface area contributed by atoms with E-state index in [4.69, 9.17) is 5.11 Å². The van der Waals surface area contributed by atoms with E-state index >= 15 is 0 Å². The Morgan fingerprint density at radius 2 is 2.11 bits per heavy atom. The fraction of sp³-hybridized carbons (Fsp3) is 0.643. The first-order valence-corrected chi connectivity index (χ1v) is 6.82. The highest BCUT2D eigenvalue weighted by Crippen LogP contribution is 2.36. The Hall–Kier alpha value is -1.65. The van der Waals surface area contributed by atoms with Crippen molar-refractivity contribution in [1.82, 2.24) is 5.01 Å². The Morgan fingerprint density at radius 3 is 2.74 bits per heavy atom. The summed E-state index contributed by atoms with van der Waals surface area (Å²) < 4.78 is 0. The second kappa shape index (κ2) is 5.55. The lowest BCUT2D eigenvalue weighted by Crippen LogP contribution is -2.41. The van der Waals surface area contributed by atoms with Crippen LogP contribution in [0.1, 0.15) is 39.5 Å². The van der Waals surface area contributed by atoms with E-state index in [2.05, 4.69) is 18.9 Å². The third kappa shape index (κ3) is 2.85. The smallest absolute Gasteiger partial charge is 0.328 e. The van der Waals surface area contributed by atoms with Crippen molar-refractivity contribution in [2.75, 3.05) is 0 Å². The molecular formula is C14H20N2O3. The Morgan fingerprint density at radius 1 is 1.37 bits per heavy atom. The van der Waals surface area contributed by atoms with Gasteiger partial charge in [0.15, 0.2) is 0 Å². The molecule has 5 nitrogen and oxygen atoms in total. The Balaban J connectivity index is 2.20. The van der Waals surface area contributed by atoms with Gasteiger partial charge in [0.1, 0.15) is 0 Å². The van der Waals surface area contributed by atoms with Crippen molar-refractivity contribution in [3.05, 3.63) is 12.2 Å². The van der Waals surface area contributed by atoms with Crippen LogP contribution in [0.15, 0.2) is 17.3 Å². The molecule has 2 rings (SSSR count). The van der Waals surface area contributed by atoms with Crippen LogP contribution in [-0.4, -0.2) is 33.7 Å². The number of hydrogen-bond acceptors (Lipinski definition) is 3. The predicted octanol–water partition coefficient (Wildman–Crippen LogP) is 2.04. The van der Waals surface area contributed by atoms with Crippen molar-refractivity contribution in [2.24, 2.45) is 16.9 Å². The molecule has 0 saturated heterocycles. The molecule has 1 heterocycles. The maximum atomic E-state index is 12.1. The first-order chi connectivity index (χ1) is 9.00. The van der Waals surface area contributed by atoms with Crippen LogP contribution in [-0.2, 0) is 9.59 Å². The molecule has 0 bridgehead atoms. The van der Waals surface area contributed by atoms with Crippen LogP contribution in [0.4, 0.5) is 0 Å². The quantitative estimate of drug-likeness (QED) is 0.793. The number of carbonyl (C=O) groups excluding carboxylic acids is 1. The van der Waals surface area contributed by atoms with E-state index in [1.807, 2.05) is 0 Å². The molecule has 0 unspecified atom stereocenters. The summed E-state index contributed by atoms with van der Waals surface area (Å²) in [6, 6.07) is 0.0706. The maximum Gasteiger partial charge on any atom is 0.328 e. The molecule has 104 valence electrons. The van der Waals surface area contributed by atoms with Gasteiger partial charge in [-0.05, 0) is 25.2 Å². The van der Waals surface area contributed by atoms with Crippen molar-refractivity contribution in [3.8, 4) is 0 Å². The largest absolute Gasteiger partial charge is 0.478 e. The van der Waals surface area contributed by atoms with Crippen LogP contribution in [0.5, 0.6) is 0 Å². The second-order valence-electron chi connectivity index (χ2n) is 5.53. The third-order valence-electron chi connectivity index (χ3n) is 3.83. The van der Waals surface area contributed by atoms with Crippen LogP contribution < -0.4 is 0 Å². The van der Waals surface area contributed by atoms with Crippen molar-refractivity contribution in [1.29, 1.82) is 0 Å². The van der Waals surface area contributed by atoms with E-state index in [1.165, 1.54) is 11.4 Å². The van der Waals surface area contributed by atoms with Gasteiger partial charge in [0.05, 0.1) is 6.04 Å². The number of aliphatic carboxylic acids is 1. The highest BCUT2D eigenvalue weighted by Gasteiger charge is 2.41. The minimum absolute atomic E-state index is 0.0706. The number of carbonyl (C=O) groups is 2. The Bertz CT molecular complexity index is 440. The molecule has 1 fully saturated rings. The Labute approximate surface area is 113 Å². The minimum atomic E-state index is -1.11. The summed E-state index contributed by atoms with van der Waals surface area (Å²) >= 11 is 0. The first kappa shape index (κ1) is 13.8. The number of carboxylic acid groups (broad SMARTS) is 1. The van der Waals surface area contributed by atoms with Gasteiger partial charge < -0.3 is 5.11 Å². The maximum absolute atomic E-state index is 12.1. The first-order valence-electron chi connectivity index (χ1n) is 6.82. The van der Waals surface area contributed by atoms with Gasteiger partial charge >= 0.3 is 5.97 Å². The number of nitrogens with zero attached hydrogens (tertiary/aromatic N) is 2. The molecule has 0 aromatic heterocycles. The SMILES string of the molecule is CC(C)[C@H]1[C@@H]2CCCCC2=NN1C(=O)/C=C/C(=O)O. The molecule has 0 radical (unpaired) electrons. The van der Waals surface area contributed by atoms with Gasteiger partial charge in [-0.25, -0.2) is 9.80 Å². The highest BCUT2D eigenvalue weighted by atomic mass is 16.4. The molecule has 0 aromatic carbocycles. The summed E-state index contributed by atoms with van der Waals surface area (Å²) in [4.78, 5) is 22.6. The van der Waals surface area contributed by atoms with Crippen molar-refractivity contribution < 1.29 is 14.7 Å². The van der Waals surface area contributed by atoms with Crippen molar-refractivity contribution in [3.63, 3.8) is 0 Å². The molecule has 2 atom stereocenters. The normalized spacial score (nSPS) is 26.7. The summed E-state index contributed by atoms with van der Waals surface area (Å²) in [6.07, 6.45) is 6.32. The van der Waals surface area contributed by atoms with E-state index in [-0.39, 0.29) is 11.9 Å². The van der Waals surface area contributed by atoms with Crippen molar-refractivity contribution >= 4 is 17.6 Å². The van der Waals surface area contributed by atoms with E-state index < -0.39 is 5.97 Å². The van der Waals surface area contributed by atoms with E-state index in [0.717, 1.165) is 37.1 Å². The molecular weight excluding hydrogens is 244 g/mol. The van der Waals surface area contributed by atoms with Crippen LogP contribution >= 0.6 is 0 Å². The lowest BCUT2D eigenvalue weighted by atomic mass is 9.79. The highest BCUT2D eigenvalue weighted by molar-refractivity contribution is 5.97. The number of fused-ring (bicyclic) bond motifs is 1. The second-order valence-corrected chi connectivity index (χ2v) is 5.53. The number of carboxylic acids is 1. The molecule has 1 aliphatic carbocycles. The van der Waals surface area contributed by atoms with Crippen LogP contribution in [0, 0.1) is 11.8 Å². The van der Waals surface area contributed by atoms with Gasteiger partial charge in [0, 0.05) is 23.8 Å². The summed E-state index contributed by atoms with van der Waals surface area (Å²) in [6.45, 7) is 4.16. The van der Waals surface area contributed by atoms with Gasteiger partial charge in [-0.1, -0.05) is 20.3 Å². The minimum Gasteiger partial charge on any atom is -0.478 e. The zero-order valence-corrected chi connectivity index (χ0v) is 11.4. The number of hydrogen-bond donors (Lipinski definition) is 1. The number of amides is 1. The zero-order valence-electron chi connectivity index (χ0n) is 11.4. The summed E-state index contributed by atoms with van der Waals surface area (Å²) in [5.74, 6) is -0.774. The van der Waals surface area contributed by atoms with Crippen LogP contribution in [0.2, 0.25) is 0 Å². The van der Waals surface area contributed by atoms with Gasteiger partial charge in [0.25, 0.3) is 5.91 Å². The molecule has 0 aromatic rings. The molecule has 1 aliphatic heterocycles. The number of hydrazone groups is 1. The van der Waals surface area contributed by atoms with Gasteiger partial charge in [-0.3, -0.25) is 4.79 Å². The monoisotopic (exact) mass is 264 g/mol. The third-order valence-corrected chi connectivity index (χ3v) is 3.83. The summed E-state index contributed by atoms with van der Waals surface area (Å²) in [5, 5.41) is 14.5. The summed E-state index contributed by atoms with van der Waals surface area (Å²) in [5.41, 5.74) is 1.11. The molecule has 2 aliphatic rings. The predicted molar refractivity (Wildman–Crippen MR) is 71.6 cm³/mol. The Kier molecular flexibility index (Phi) is 4.02. The molecule has 5 heteroatoms. The van der Waals surface area contributed by atoms with Crippen LogP contribution in [0.3, 0.4) is 0 Å². The topological polar surface area (TPSA) is 70.0 Å². The average Bonchev–Trinajstić information content (AvgIpc) is 2.75. The van der Waals surface area contributed by atoms with E-state index in [9.17, 15) is 9.59 Å². The van der Waals surface area contributed by atoms with E-state index in [0.29, 0.717) is 11.8 Å².